The van der Waals surface area contributed by atoms with Crippen LogP contribution in [0.3, 0.4) is 0 Å². The fourth-order valence-corrected chi connectivity index (χ4v) is 0. The van der Waals surface area contributed by atoms with E-state index < -0.39 is 0 Å². The second kappa shape index (κ2) is 16.5. The fourth-order valence-electron chi connectivity index (χ4n) is 0. The van der Waals surface area contributed by atoms with E-state index >= 15 is 0 Å². The largest absolute Gasteiger partial charge is 0.483 e. The number of carbonyl (C=O) groups is 2. The molecule has 0 aliphatic rings. The molecule has 0 atom stereocenters. The third kappa shape index (κ3) is 502. The Hall–Kier alpha value is -1.06. The average molecular weight is 180 g/mol. The molecule has 0 aliphatic carbocycles. The maximum absolute atomic E-state index is 8.36. The zero-order valence-corrected chi connectivity index (χ0v) is 7.37. The van der Waals surface area contributed by atoms with Gasteiger partial charge in [0.1, 0.15) is 0 Å². The molecule has 0 aromatic heterocycles. The van der Waals surface area contributed by atoms with Crippen molar-refractivity contribution in [1.82, 2.24) is 0 Å². The van der Waals surface area contributed by atoms with E-state index in [1.54, 1.807) is 0 Å². The van der Waals surface area contributed by atoms with E-state index in [2.05, 4.69) is 27.7 Å². The Morgan fingerprint density at radius 3 is 0.917 bits per heavy atom. The van der Waals surface area contributed by atoms with Gasteiger partial charge < -0.3 is 10.2 Å². The Labute approximate surface area is 74.2 Å². The Morgan fingerprint density at radius 2 is 0.917 bits per heavy atom. The summed E-state index contributed by atoms with van der Waals surface area (Å²) >= 11 is 0. The van der Waals surface area contributed by atoms with E-state index in [4.69, 9.17) is 19.8 Å². The van der Waals surface area contributed by atoms with Gasteiger partial charge in [0.15, 0.2) is 0 Å². The molecule has 4 heteroatoms. The summed E-state index contributed by atoms with van der Waals surface area (Å²) < 4.78 is 0. The van der Waals surface area contributed by atoms with Gasteiger partial charge in [-0.3, -0.25) is 9.59 Å². The van der Waals surface area contributed by atoms with E-state index in [0.29, 0.717) is 5.41 Å². The van der Waals surface area contributed by atoms with E-state index in [9.17, 15) is 0 Å². The molecule has 0 rings (SSSR count). The molecule has 12 heavy (non-hydrogen) atoms. The van der Waals surface area contributed by atoms with Crippen molar-refractivity contribution in [3.8, 4) is 0 Å². The lowest BCUT2D eigenvalue weighted by Crippen LogP contribution is -1.93. The van der Waals surface area contributed by atoms with Crippen molar-refractivity contribution in [2.45, 2.75) is 35.1 Å². The first-order valence-electron chi connectivity index (χ1n) is 2.99. The quantitative estimate of drug-likeness (QED) is 0.560. The molecule has 0 radical (unpaired) electrons. The minimum atomic E-state index is -0.250. The van der Waals surface area contributed by atoms with Crippen molar-refractivity contribution in [2.75, 3.05) is 0 Å². The Bertz CT molecular complexity index is 71.5. The van der Waals surface area contributed by atoms with Crippen molar-refractivity contribution < 1.29 is 19.8 Å². The predicted octanol–water partition coefficient (Wildman–Crippen LogP) is 2.09. The van der Waals surface area contributed by atoms with Crippen LogP contribution in [-0.4, -0.2) is 23.2 Å². The van der Waals surface area contributed by atoms with Crippen molar-refractivity contribution in [2.24, 2.45) is 5.41 Å². The predicted molar refractivity (Wildman–Crippen MR) is 49.2 cm³/mol. The second-order valence-corrected chi connectivity index (χ2v) is 3.21. The molecule has 0 unspecified atom stereocenters. The summed E-state index contributed by atoms with van der Waals surface area (Å²) in [5, 5.41) is 13.8. The van der Waals surface area contributed by atoms with E-state index in [-0.39, 0.29) is 20.4 Å². The average Bonchev–Trinajstić information content (AvgIpc) is 1.62. The Kier molecular flexibility index (Phi) is 30.8. The molecule has 76 valence electrons. The van der Waals surface area contributed by atoms with E-state index in [0.717, 1.165) is 0 Å². The van der Waals surface area contributed by atoms with Crippen molar-refractivity contribution >= 4 is 12.9 Å². The van der Waals surface area contributed by atoms with Gasteiger partial charge in [0, 0.05) is 0 Å². The van der Waals surface area contributed by atoms with E-state index in [1.807, 2.05) is 0 Å². The minimum absolute atomic E-state index is 0. The first-order valence-corrected chi connectivity index (χ1v) is 2.99. The molecule has 0 amide bonds. The van der Waals surface area contributed by atoms with Crippen LogP contribution in [0.2, 0.25) is 0 Å². The molecular formula is C8H20O4. The third-order valence-electron chi connectivity index (χ3n) is 0. The Morgan fingerprint density at radius 1 is 0.917 bits per heavy atom. The van der Waals surface area contributed by atoms with Crippen LogP contribution in [0.4, 0.5) is 0 Å². The van der Waals surface area contributed by atoms with Crippen LogP contribution in [0.25, 0.3) is 0 Å². The highest BCUT2D eigenvalue weighted by molar-refractivity contribution is 5.32. The summed E-state index contributed by atoms with van der Waals surface area (Å²) in [5.41, 5.74) is 0.500. The zero-order chi connectivity index (χ0) is 9.91. The van der Waals surface area contributed by atoms with Gasteiger partial charge in [-0.15, -0.1) is 0 Å². The smallest absolute Gasteiger partial charge is 0.290 e. The topological polar surface area (TPSA) is 74.6 Å². The molecule has 0 heterocycles. The van der Waals surface area contributed by atoms with Gasteiger partial charge >= 0.3 is 0 Å². The first-order chi connectivity index (χ1) is 4.83. The van der Waals surface area contributed by atoms with Gasteiger partial charge in [-0.25, -0.2) is 0 Å². The molecule has 4 nitrogen and oxygen atoms in total. The molecular weight excluding hydrogens is 160 g/mol. The van der Waals surface area contributed by atoms with Gasteiger partial charge in [0.25, 0.3) is 12.9 Å². The lowest BCUT2D eigenvalue weighted by molar-refractivity contribution is -0.123. The maximum atomic E-state index is 8.36. The molecule has 0 saturated carbocycles. The molecule has 0 bridgehead atoms. The van der Waals surface area contributed by atoms with Gasteiger partial charge in [-0.05, 0) is 5.41 Å². The van der Waals surface area contributed by atoms with Crippen LogP contribution in [0.1, 0.15) is 35.1 Å². The normalized spacial score (nSPS) is 7.00. The fraction of sp³-hybridized carbons (Fsp3) is 0.750. The third-order valence-corrected chi connectivity index (χ3v) is 0. The van der Waals surface area contributed by atoms with Crippen LogP contribution in [-0.2, 0) is 9.59 Å². The monoisotopic (exact) mass is 180 g/mol. The summed E-state index contributed by atoms with van der Waals surface area (Å²) in [5.74, 6) is 0. The lowest BCUT2D eigenvalue weighted by atomic mass is 10.0. The summed E-state index contributed by atoms with van der Waals surface area (Å²) in [6.07, 6.45) is 0. The second-order valence-electron chi connectivity index (χ2n) is 3.21. The standard InChI is InChI=1S/C5H12.2CH2O2.CH4/c1-5(2,3)4;2*2-1-3;/h1-4H3;2*1H,(H,2,3);1H4. The molecule has 0 aromatic carbocycles. The van der Waals surface area contributed by atoms with Crippen LogP contribution in [0.15, 0.2) is 0 Å². The van der Waals surface area contributed by atoms with Gasteiger partial charge in [0.2, 0.25) is 0 Å². The van der Waals surface area contributed by atoms with Crippen LogP contribution in [0, 0.1) is 5.41 Å². The SMILES string of the molecule is C.CC(C)(C)C.O=CO.O=CO. The number of rotatable bonds is 0. The molecule has 0 fully saturated rings. The highest BCUT2D eigenvalue weighted by Crippen LogP contribution is 2.07. The van der Waals surface area contributed by atoms with Gasteiger partial charge in [0.05, 0.1) is 0 Å². The molecule has 2 N–H and O–H groups in total. The van der Waals surface area contributed by atoms with Crippen molar-refractivity contribution in [3.63, 3.8) is 0 Å². The minimum Gasteiger partial charge on any atom is -0.483 e. The maximum Gasteiger partial charge on any atom is 0.290 e. The van der Waals surface area contributed by atoms with Crippen LogP contribution >= 0.6 is 0 Å². The summed E-state index contributed by atoms with van der Waals surface area (Å²) in [6.45, 7) is 8.25. The summed E-state index contributed by atoms with van der Waals surface area (Å²) in [6, 6.07) is 0. The van der Waals surface area contributed by atoms with Crippen LogP contribution < -0.4 is 0 Å². The highest BCUT2D eigenvalue weighted by Gasteiger charge is 1.95. The lowest BCUT2D eigenvalue weighted by Gasteiger charge is -2.05. The first kappa shape index (κ1) is 22.4. The van der Waals surface area contributed by atoms with Gasteiger partial charge in [-0.2, -0.15) is 0 Å². The molecule has 0 saturated heterocycles. The Balaban J connectivity index is -0.0000000406. The molecule has 0 aliphatic heterocycles. The summed E-state index contributed by atoms with van der Waals surface area (Å²) in [4.78, 5) is 16.7. The molecule has 0 spiro atoms. The highest BCUT2D eigenvalue weighted by atomic mass is 16.3. The van der Waals surface area contributed by atoms with Crippen molar-refractivity contribution in [1.29, 1.82) is 0 Å². The zero-order valence-electron chi connectivity index (χ0n) is 7.37. The number of hydrogen-bond acceptors (Lipinski definition) is 2. The van der Waals surface area contributed by atoms with Crippen LogP contribution in [0.5, 0.6) is 0 Å². The molecule has 0 aromatic rings. The van der Waals surface area contributed by atoms with Crippen molar-refractivity contribution in [3.05, 3.63) is 0 Å². The number of hydrogen-bond donors (Lipinski definition) is 2. The summed E-state index contributed by atoms with van der Waals surface area (Å²) in [7, 11) is 0. The number of carboxylic acid groups (broad SMARTS) is 2. The van der Waals surface area contributed by atoms with Gasteiger partial charge in [-0.1, -0.05) is 35.1 Å². The van der Waals surface area contributed by atoms with E-state index in [1.165, 1.54) is 0 Å².